The number of nitrogens with zero attached hydrogens (tertiary/aromatic N) is 2. The quantitative estimate of drug-likeness (QED) is 0.758. The van der Waals surface area contributed by atoms with Crippen molar-refractivity contribution in [3.8, 4) is 5.88 Å². The van der Waals surface area contributed by atoms with Crippen molar-refractivity contribution in [2.75, 3.05) is 13.1 Å². The molecule has 0 amide bonds. The number of piperidine rings is 1. The summed E-state index contributed by atoms with van der Waals surface area (Å²) in [6.45, 7) is 3.89. The molecule has 76 valence electrons. The minimum atomic E-state index is 0.262. The van der Waals surface area contributed by atoms with Crippen molar-refractivity contribution in [3.63, 3.8) is 0 Å². The molecule has 1 aliphatic heterocycles. The molecule has 1 fully saturated rings. The van der Waals surface area contributed by atoms with Gasteiger partial charge >= 0.3 is 0 Å². The summed E-state index contributed by atoms with van der Waals surface area (Å²) >= 11 is 0. The molecule has 0 aromatic carbocycles. The summed E-state index contributed by atoms with van der Waals surface area (Å²) in [5.74, 6) is 1.44. The Morgan fingerprint density at radius 1 is 1.57 bits per heavy atom. The summed E-state index contributed by atoms with van der Waals surface area (Å²) < 4.78 is 5.72. The highest BCUT2D eigenvalue weighted by Gasteiger charge is 2.14. The highest BCUT2D eigenvalue weighted by Crippen LogP contribution is 2.12. The number of hydrogen-bond donors (Lipinski definition) is 1. The predicted molar refractivity (Wildman–Crippen MR) is 53.3 cm³/mol. The van der Waals surface area contributed by atoms with E-state index in [-0.39, 0.29) is 6.10 Å². The van der Waals surface area contributed by atoms with Crippen LogP contribution < -0.4 is 10.1 Å². The van der Waals surface area contributed by atoms with E-state index < -0.39 is 0 Å². The first-order valence-electron chi connectivity index (χ1n) is 5.01. The SMILES string of the molecule is Cc1nccc(O[C@H]2CCCNC2)n1. The average molecular weight is 193 g/mol. The molecule has 0 spiro atoms. The fourth-order valence-electron chi connectivity index (χ4n) is 1.59. The van der Waals surface area contributed by atoms with Crippen LogP contribution in [0.5, 0.6) is 5.88 Å². The van der Waals surface area contributed by atoms with Crippen LogP contribution in [-0.2, 0) is 0 Å². The maximum atomic E-state index is 5.72. The Bertz CT molecular complexity index is 297. The van der Waals surface area contributed by atoms with Gasteiger partial charge in [0.05, 0.1) is 0 Å². The maximum Gasteiger partial charge on any atom is 0.216 e. The van der Waals surface area contributed by atoms with Crippen molar-refractivity contribution in [2.45, 2.75) is 25.9 Å². The largest absolute Gasteiger partial charge is 0.473 e. The van der Waals surface area contributed by atoms with E-state index in [9.17, 15) is 0 Å². The van der Waals surface area contributed by atoms with E-state index in [1.54, 1.807) is 6.20 Å². The van der Waals surface area contributed by atoms with Crippen LogP contribution in [-0.4, -0.2) is 29.2 Å². The first-order valence-corrected chi connectivity index (χ1v) is 5.01. The Hall–Kier alpha value is -1.16. The van der Waals surface area contributed by atoms with Crippen LogP contribution in [0.4, 0.5) is 0 Å². The van der Waals surface area contributed by atoms with Gasteiger partial charge in [-0.05, 0) is 26.3 Å². The first-order chi connectivity index (χ1) is 6.84. The zero-order valence-electron chi connectivity index (χ0n) is 8.36. The van der Waals surface area contributed by atoms with Gasteiger partial charge in [0.1, 0.15) is 11.9 Å². The molecule has 1 saturated heterocycles. The molecule has 4 nitrogen and oxygen atoms in total. The number of aromatic nitrogens is 2. The summed E-state index contributed by atoms with van der Waals surface area (Å²) in [7, 11) is 0. The molecule has 1 aromatic heterocycles. The standard InChI is InChI=1S/C10H15N3O/c1-8-12-6-4-10(13-8)14-9-3-2-5-11-7-9/h4,6,9,11H,2-3,5,7H2,1H3/t9-/m0/s1. The monoisotopic (exact) mass is 193 g/mol. The summed E-state index contributed by atoms with van der Waals surface area (Å²) in [4.78, 5) is 8.23. The lowest BCUT2D eigenvalue weighted by molar-refractivity contribution is 0.160. The van der Waals surface area contributed by atoms with Crippen molar-refractivity contribution < 1.29 is 4.74 Å². The van der Waals surface area contributed by atoms with Crippen molar-refractivity contribution >= 4 is 0 Å². The summed E-state index contributed by atoms with van der Waals surface area (Å²) in [6, 6.07) is 1.81. The molecule has 2 rings (SSSR count). The molecule has 1 N–H and O–H groups in total. The van der Waals surface area contributed by atoms with E-state index in [1.807, 2.05) is 13.0 Å². The normalized spacial score (nSPS) is 21.9. The number of nitrogens with one attached hydrogen (secondary N) is 1. The zero-order valence-corrected chi connectivity index (χ0v) is 8.36. The molecule has 0 radical (unpaired) electrons. The van der Waals surface area contributed by atoms with Crippen molar-refractivity contribution in [1.82, 2.24) is 15.3 Å². The lowest BCUT2D eigenvalue weighted by Gasteiger charge is -2.23. The van der Waals surface area contributed by atoms with Gasteiger partial charge in [-0.3, -0.25) is 0 Å². The number of hydrogen-bond acceptors (Lipinski definition) is 4. The first kappa shape index (κ1) is 9.40. The third kappa shape index (κ3) is 2.42. The van der Waals surface area contributed by atoms with Gasteiger partial charge in [-0.1, -0.05) is 0 Å². The smallest absolute Gasteiger partial charge is 0.216 e. The number of rotatable bonds is 2. The van der Waals surface area contributed by atoms with Gasteiger partial charge < -0.3 is 10.1 Å². The van der Waals surface area contributed by atoms with Gasteiger partial charge in [0.2, 0.25) is 5.88 Å². The van der Waals surface area contributed by atoms with Gasteiger partial charge in [-0.15, -0.1) is 0 Å². The molecule has 0 unspecified atom stereocenters. The minimum Gasteiger partial charge on any atom is -0.473 e. The molecule has 1 aromatic rings. The van der Waals surface area contributed by atoms with Crippen LogP contribution in [0.1, 0.15) is 18.7 Å². The second-order valence-corrected chi connectivity index (χ2v) is 3.53. The van der Waals surface area contributed by atoms with Crippen LogP contribution in [0.3, 0.4) is 0 Å². The molecule has 14 heavy (non-hydrogen) atoms. The van der Waals surface area contributed by atoms with Gasteiger partial charge in [0.15, 0.2) is 0 Å². The van der Waals surface area contributed by atoms with Gasteiger partial charge in [-0.2, -0.15) is 4.98 Å². The summed E-state index contributed by atoms with van der Waals surface area (Å²) in [5.41, 5.74) is 0. The molecule has 2 heterocycles. The molecule has 4 heteroatoms. The van der Waals surface area contributed by atoms with E-state index in [4.69, 9.17) is 4.74 Å². The molecular formula is C10H15N3O. The number of ether oxygens (including phenoxy) is 1. The molecule has 1 atom stereocenters. The summed E-state index contributed by atoms with van der Waals surface area (Å²) in [6.07, 6.45) is 4.27. The van der Waals surface area contributed by atoms with Crippen LogP contribution in [0.25, 0.3) is 0 Å². The van der Waals surface area contributed by atoms with Crippen LogP contribution in [0.2, 0.25) is 0 Å². The van der Waals surface area contributed by atoms with Crippen LogP contribution in [0.15, 0.2) is 12.3 Å². The Labute approximate surface area is 83.7 Å². The minimum absolute atomic E-state index is 0.262. The van der Waals surface area contributed by atoms with Gasteiger partial charge in [0, 0.05) is 18.8 Å². The molecular weight excluding hydrogens is 178 g/mol. The van der Waals surface area contributed by atoms with Crippen LogP contribution >= 0.6 is 0 Å². The lowest BCUT2D eigenvalue weighted by Crippen LogP contribution is -2.37. The number of aryl methyl sites for hydroxylation is 1. The van der Waals surface area contributed by atoms with Gasteiger partial charge in [0.25, 0.3) is 0 Å². The molecule has 0 aliphatic carbocycles. The Kier molecular flexibility index (Phi) is 2.93. The van der Waals surface area contributed by atoms with Gasteiger partial charge in [-0.25, -0.2) is 4.98 Å². The van der Waals surface area contributed by atoms with E-state index in [0.29, 0.717) is 5.88 Å². The van der Waals surface area contributed by atoms with Crippen molar-refractivity contribution in [1.29, 1.82) is 0 Å². The fraction of sp³-hybridized carbons (Fsp3) is 0.600. The second kappa shape index (κ2) is 4.37. The third-order valence-corrected chi connectivity index (χ3v) is 2.29. The van der Waals surface area contributed by atoms with Crippen molar-refractivity contribution in [2.24, 2.45) is 0 Å². The van der Waals surface area contributed by atoms with E-state index in [1.165, 1.54) is 6.42 Å². The Morgan fingerprint density at radius 3 is 3.21 bits per heavy atom. The Balaban J connectivity index is 1.95. The van der Waals surface area contributed by atoms with Crippen LogP contribution in [0, 0.1) is 6.92 Å². The van der Waals surface area contributed by atoms with E-state index in [2.05, 4.69) is 15.3 Å². The lowest BCUT2D eigenvalue weighted by atomic mass is 10.1. The highest BCUT2D eigenvalue weighted by atomic mass is 16.5. The van der Waals surface area contributed by atoms with E-state index in [0.717, 1.165) is 25.3 Å². The molecule has 1 aliphatic rings. The zero-order chi connectivity index (χ0) is 9.80. The fourth-order valence-corrected chi connectivity index (χ4v) is 1.59. The van der Waals surface area contributed by atoms with Crippen molar-refractivity contribution in [3.05, 3.63) is 18.1 Å². The topological polar surface area (TPSA) is 47.0 Å². The summed E-state index contributed by atoms with van der Waals surface area (Å²) in [5, 5.41) is 3.30. The Morgan fingerprint density at radius 2 is 2.50 bits per heavy atom. The second-order valence-electron chi connectivity index (χ2n) is 3.53. The van der Waals surface area contributed by atoms with E-state index >= 15 is 0 Å². The molecule has 0 saturated carbocycles. The predicted octanol–water partition coefficient (Wildman–Crippen LogP) is 0.916. The average Bonchev–Trinajstić information content (AvgIpc) is 2.19. The molecule has 0 bridgehead atoms. The third-order valence-electron chi connectivity index (χ3n) is 2.29. The highest BCUT2D eigenvalue weighted by molar-refractivity contribution is 5.08. The maximum absolute atomic E-state index is 5.72.